The highest BCUT2D eigenvalue weighted by atomic mass is 35.5. The Morgan fingerprint density at radius 1 is 1.05 bits per heavy atom. The molecule has 3 N–H and O–H groups in total. The quantitative estimate of drug-likeness (QED) is 0.790. The first kappa shape index (κ1) is 15.4. The molecule has 0 bridgehead atoms. The molecule has 0 aliphatic heterocycles. The molecule has 0 fully saturated rings. The summed E-state index contributed by atoms with van der Waals surface area (Å²) >= 11 is 5.87. The van der Waals surface area contributed by atoms with E-state index in [0.717, 1.165) is 5.69 Å². The third-order valence-corrected chi connectivity index (χ3v) is 3.42. The highest BCUT2D eigenvalue weighted by Crippen LogP contribution is 2.17. The van der Waals surface area contributed by atoms with E-state index in [1.807, 2.05) is 31.3 Å². The fourth-order valence-electron chi connectivity index (χ4n) is 1.88. The van der Waals surface area contributed by atoms with Crippen molar-refractivity contribution in [3.63, 3.8) is 0 Å². The van der Waals surface area contributed by atoms with Gasteiger partial charge in [-0.15, -0.1) is 0 Å². The van der Waals surface area contributed by atoms with Gasteiger partial charge in [0.1, 0.15) is 0 Å². The van der Waals surface area contributed by atoms with Crippen molar-refractivity contribution < 1.29 is 4.79 Å². The molecule has 0 radical (unpaired) electrons. The maximum absolute atomic E-state index is 11.9. The Hall–Kier alpha value is -2.04. The van der Waals surface area contributed by atoms with Gasteiger partial charge in [0, 0.05) is 22.4 Å². The van der Waals surface area contributed by atoms with Crippen LogP contribution in [0.3, 0.4) is 0 Å². The second kappa shape index (κ2) is 7.11. The fourth-order valence-corrected chi connectivity index (χ4v) is 2.07. The van der Waals surface area contributed by atoms with Crippen molar-refractivity contribution in [2.24, 2.45) is 0 Å². The second-order valence-corrected chi connectivity index (χ2v) is 5.16. The van der Waals surface area contributed by atoms with Crippen molar-refractivity contribution in [2.75, 3.05) is 17.7 Å². The maximum atomic E-state index is 11.9. The lowest BCUT2D eigenvalue weighted by Crippen LogP contribution is -2.19. The predicted octanol–water partition coefficient (Wildman–Crippen LogP) is 4.26. The molecule has 2 rings (SSSR count). The molecule has 0 saturated carbocycles. The number of carbonyl (C=O) groups excluding carboxylic acids is 1. The molecule has 0 spiro atoms. The Labute approximate surface area is 129 Å². The normalized spacial score (nSPS) is 11.8. The van der Waals surface area contributed by atoms with Crippen LogP contribution >= 0.6 is 11.6 Å². The SMILES string of the molecule is CNC(C)c1ccc(NC(=O)Nc2cccc(Cl)c2)cc1. The molecule has 2 amide bonds. The van der Waals surface area contributed by atoms with Crippen LogP contribution in [-0.4, -0.2) is 13.1 Å². The Bertz CT molecular complexity index is 613. The number of urea groups is 1. The van der Waals surface area contributed by atoms with Crippen LogP contribution in [0.25, 0.3) is 0 Å². The minimum atomic E-state index is -0.299. The topological polar surface area (TPSA) is 53.2 Å². The van der Waals surface area contributed by atoms with Crippen LogP contribution in [0.4, 0.5) is 16.2 Å². The zero-order chi connectivity index (χ0) is 15.2. The van der Waals surface area contributed by atoms with Gasteiger partial charge in [0.05, 0.1) is 0 Å². The van der Waals surface area contributed by atoms with E-state index in [-0.39, 0.29) is 12.1 Å². The predicted molar refractivity (Wildman–Crippen MR) is 88.0 cm³/mol. The monoisotopic (exact) mass is 303 g/mol. The lowest BCUT2D eigenvalue weighted by Gasteiger charge is -2.12. The average molecular weight is 304 g/mol. The van der Waals surface area contributed by atoms with Gasteiger partial charge in [0.2, 0.25) is 0 Å². The zero-order valence-electron chi connectivity index (χ0n) is 12.0. The summed E-state index contributed by atoms with van der Waals surface area (Å²) in [6, 6.07) is 14.7. The van der Waals surface area contributed by atoms with Crippen LogP contribution in [0.1, 0.15) is 18.5 Å². The number of rotatable bonds is 4. The molecule has 1 unspecified atom stereocenters. The number of benzene rings is 2. The third-order valence-electron chi connectivity index (χ3n) is 3.18. The van der Waals surface area contributed by atoms with Crippen molar-refractivity contribution in [1.82, 2.24) is 5.32 Å². The van der Waals surface area contributed by atoms with Gasteiger partial charge in [0.25, 0.3) is 0 Å². The van der Waals surface area contributed by atoms with E-state index in [4.69, 9.17) is 11.6 Å². The first-order valence-corrected chi connectivity index (χ1v) is 7.07. The standard InChI is InChI=1S/C16H18ClN3O/c1-11(18-2)12-6-8-14(9-7-12)19-16(21)20-15-5-3-4-13(17)10-15/h3-11,18H,1-2H3,(H2,19,20,21). The van der Waals surface area contributed by atoms with Gasteiger partial charge in [-0.2, -0.15) is 0 Å². The number of anilines is 2. The average Bonchev–Trinajstić information content (AvgIpc) is 2.47. The smallest absolute Gasteiger partial charge is 0.313 e. The van der Waals surface area contributed by atoms with E-state index in [0.29, 0.717) is 10.7 Å². The van der Waals surface area contributed by atoms with Crippen LogP contribution in [0, 0.1) is 0 Å². The second-order valence-electron chi connectivity index (χ2n) is 4.72. The molecule has 0 aromatic heterocycles. The van der Waals surface area contributed by atoms with E-state index >= 15 is 0 Å². The van der Waals surface area contributed by atoms with Crippen molar-refractivity contribution in [3.8, 4) is 0 Å². The lowest BCUT2D eigenvalue weighted by atomic mass is 10.1. The maximum Gasteiger partial charge on any atom is 0.323 e. The number of hydrogen-bond acceptors (Lipinski definition) is 2. The van der Waals surface area contributed by atoms with Crippen LogP contribution in [0.2, 0.25) is 5.02 Å². The summed E-state index contributed by atoms with van der Waals surface area (Å²) in [6.07, 6.45) is 0. The molecule has 0 aliphatic rings. The van der Waals surface area contributed by atoms with Crippen molar-refractivity contribution in [1.29, 1.82) is 0 Å². The number of halogens is 1. The van der Waals surface area contributed by atoms with Gasteiger partial charge in [-0.05, 0) is 49.9 Å². The Morgan fingerprint density at radius 3 is 2.33 bits per heavy atom. The van der Waals surface area contributed by atoms with Gasteiger partial charge in [-0.3, -0.25) is 0 Å². The van der Waals surface area contributed by atoms with Crippen LogP contribution < -0.4 is 16.0 Å². The molecule has 21 heavy (non-hydrogen) atoms. The molecular weight excluding hydrogens is 286 g/mol. The summed E-state index contributed by atoms with van der Waals surface area (Å²) in [6.45, 7) is 2.08. The number of amides is 2. The van der Waals surface area contributed by atoms with Gasteiger partial charge in [-0.1, -0.05) is 29.8 Å². The number of carbonyl (C=O) groups is 1. The minimum absolute atomic E-state index is 0.277. The van der Waals surface area contributed by atoms with Crippen molar-refractivity contribution in [3.05, 3.63) is 59.1 Å². The Balaban J connectivity index is 1.96. The summed E-state index contributed by atoms with van der Waals surface area (Å²) in [5.74, 6) is 0. The lowest BCUT2D eigenvalue weighted by molar-refractivity contribution is 0.262. The summed E-state index contributed by atoms with van der Waals surface area (Å²) in [5, 5.41) is 9.26. The van der Waals surface area contributed by atoms with Crippen LogP contribution in [-0.2, 0) is 0 Å². The zero-order valence-corrected chi connectivity index (χ0v) is 12.7. The molecule has 0 saturated heterocycles. The Morgan fingerprint density at radius 2 is 1.71 bits per heavy atom. The van der Waals surface area contributed by atoms with E-state index in [1.165, 1.54) is 5.56 Å². The van der Waals surface area contributed by atoms with Gasteiger partial charge in [0.15, 0.2) is 0 Å². The number of nitrogens with one attached hydrogen (secondary N) is 3. The van der Waals surface area contributed by atoms with E-state index in [1.54, 1.807) is 24.3 Å². The summed E-state index contributed by atoms with van der Waals surface area (Å²) < 4.78 is 0. The van der Waals surface area contributed by atoms with Crippen LogP contribution in [0.15, 0.2) is 48.5 Å². The third kappa shape index (κ3) is 4.48. The first-order chi connectivity index (χ1) is 10.1. The number of hydrogen-bond donors (Lipinski definition) is 3. The molecule has 110 valence electrons. The molecule has 0 aliphatic carbocycles. The van der Waals surface area contributed by atoms with Gasteiger partial charge >= 0.3 is 6.03 Å². The van der Waals surface area contributed by atoms with Gasteiger partial charge < -0.3 is 16.0 Å². The molecule has 1 atom stereocenters. The van der Waals surface area contributed by atoms with E-state index in [2.05, 4.69) is 22.9 Å². The van der Waals surface area contributed by atoms with Crippen molar-refractivity contribution >= 4 is 29.0 Å². The van der Waals surface area contributed by atoms with E-state index < -0.39 is 0 Å². The van der Waals surface area contributed by atoms with Gasteiger partial charge in [-0.25, -0.2) is 4.79 Å². The summed E-state index contributed by atoms with van der Waals surface area (Å²) in [5.41, 5.74) is 2.56. The molecule has 2 aromatic carbocycles. The van der Waals surface area contributed by atoms with E-state index in [9.17, 15) is 4.79 Å². The van der Waals surface area contributed by atoms with Crippen molar-refractivity contribution in [2.45, 2.75) is 13.0 Å². The largest absolute Gasteiger partial charge is 0.323 e. The highest BCUT2D eigenvalue weighted by molar-refractivity contribution is 6.30. The molecule has 2 aromatic rings. The molecule has 5 heteroatoms. The summed E-state index contributed by atoms with van der Waals surface area (Å²) in [7, 11) is 1.91. The summed E-state index contributed by atoms with van der Waals surface area (Å²) in [4.78, 5) is 11.9. The minimum Gasteiger partial charge on any atom is -0.313 e. The molecular formula is C16H18ClN3O. The highest BCUT2D eigenvalue weighted by Gasteiger charge is 2.05. The molecule has 0 heterocycles. The van der Waals surface area contributed by atoms with Crippen LogP contribution in [0.5, 0.6) is 0 Å². The first-order valence-electron chi connectivity index (χ1n) is 6.69. The molecule has 4 nitrogen and oxygen atoms in total. The fraction of sp³-hybridized carbons (Fsp3) is 0.188. The Kier molecular flexibility index (Phi) is 5.20.